The number of ether oxygens (including phenoxy) is 2. The van der Waals surface area contributed by atoms with Gasteiger partial charge in [-0.15, -0.1) is 0 Å². The Hall–Kier alpha value is -1.98. The van der Waals surface area contributed by atoms with E-state index < -0.39 is 23.7 Å². The minimum atomic E-state index is -1.02. The van der Waals surface area contributed by atoms with Gasteiger partial charge in [-0.25, -0.2) is 9.59 Å². The highest BCUT2D eigenvalue weighted by molar-refractivity contribution is 5.82. The number of carbonyl (C=O) groups excluding carboxylic acids is 2. The molecule has 6 nitrogen and oxygen atoms in total. The second-order valence-electron chi connectivity index (χ2n) is 5.28. The highest BCUT2D eigenvalue weighted by Gasteiger charge is 2.29. The van der Waals surface area contributed by atoms with E-state index in [0.29, 0.717) is 11.5 Å². The van der Waals surface area contributed by atoms with Crippen LogP contribution >= 0.6 is 0 Å². The Morgan fingerprint density at radius 1 is 1.35 bits per heavy atom. The van der Waals surface area contributed by atoms with Gasteiger partial charge in [-0.05, 0) is 46.8 Å². The van der Waals surface area contributed by atoms with E-state index in [1.54, 1.807) is 46.8 Å². The van der Waals surface area contributed by atoms with E-state index in [2.05, 4.69) is 5.32 Å². The molecule has 0 aliphatic rings. The van der Waals surface area contributed by atoms with Gasteiger partial charge >= 0.3 is 12.1 Å². The van der Waals surface area contributed by atoms with Crippen LogP contribution in [0.25, 0.3) is 0 Å². The van der Waals surface area contributed by atoms with Crippen LogP contribution in [0.15, 0.2) is 16.5 Å². The third-order valence-corrected chi connectivity index (χ3v) is 2.23. The SMILES string of the molecule is CCOC(=O)C(NC(=O)OC(C)(C)C)c1ccc(C)o1. The number of nitrogens with one attached hydrogen (secondary N) is 1. The normalized spacial score (nSPS) is 12.7. The summed E-state index contributed by atoms with van der Waals surface area (Å²) in [5.74, 6) is 0.361. The van der Waals surface area contributed by atoms with Gasteiger partial charge in [0.05, 0.1) is 6.61 Å². The Morgan fingerprint density at radius 3 is 2.45 bits per heavy atom. The van der Waals surface area contributed by atoms with Crippen LogP contribution in [0, 0.1) is 6.92 Å². The minimum Gasteiger partial charge on any atom is -0.464 e. The largest absolute Gasteiger partial charge is 0.464 e. The summed E-state index contributed by atoms with van der Waals surface area (Å²) in [6.45, 7) is 8.87. The van der Waals surface area contributed by atoms with E-state index in [9.17, 15) is 9.59 Å². The molecule has 1 atom stereocenters. The zero-order valence-electron chi connectivity index (χ0n) is 12.5. The maximum absolute atomic E-state index is 11.9. The maximum atomic E-state index is 11.9. The first kappa shape index (κ1) is 16.1. The van der Waals surface area contributed by atoms with Crippen LogP contribution < -0.4 is 5.32 Å². The van der Waals surface area contributed by atoms with Crippen LogP contribution in [0.1, 0.15) is 45.3 Å². The Balaban J connectivity index is 2.84. The fourth-order valence-corrected chi connectivity index (χ4v) is 1.51. The molecule has 1 aromatic rings. The van der Waals surface area contributed by atoms with Crippen molar-refractivity contribution in [3.63, 3.8) is 0 Å². The van der Waals surface area contributed by atoms with Crippen molar-refractivity contribution in [2.75, 3.05) is 6.61 Å². The van der Waals surface area contributed by atoms with Crippen molar-refractivity contribution in [1.82, 2.24) is 5.32 Å². The van der Waals surface area contributed by atoms with Gasteiger partial charge < -0.3 is 19.2 Å². The fourth-order valence-electron chi connectivity index (χ4n) is 1.51. The van der Waals surface area contributed by atoms with Crippen LogP contribution in [0.3, 0.4) is 0 Å². The van der Waals surface area contributed by atoms with Crippen molar-refractivity contribution in [1.29, 1.82) is 0 Å². The molecule has 0 aliphatic heterocycles. The lowest BCUT2D eigenvalue weighted by molar-refractivity contribution is -0.146. The van der Waals surface area contributed by atoms with Gasteiger partial charge in [0.15, 0.2) is 6.04 Å². The van der Waals surface area contributed by atoms with Crippen LogP contribution in [-0.4, -0.2) is 24.3 Å². The molecule has 0 saturated heterocycles. The van der Waals surface area contributed by atoms with Crippen LogP contribution in [0.2, 0.25) is 0 Å². The molecule has 0 saturated carbocycles. The van der Waals surface area contributed by atoms with Crippen molar-refractivity contribution >= 4 is 12.1 Å². The molecule has 0 aromatic carbocycles. The number of carbonyl (C=O) groups is 2. The molecule has 1 heterocycles. The standard InChI is InChI=1S/C14H21NO5/c1-6-18-12(16)11(10-8-7-9(2)19-10)15-13(17)20-14(3,4)5/h7-8,11H,6H2,1-5H3,(H,15,17). The predicted molar refractivity (Wildman–Crippen MR) is 72.2 cm³/mol. The predicted octanol–water partition coefficient (Wildman–Crippen LogP) is 2.72. The molecular formula is C14H21NO5. The summed E-state index contributed by atoms with van der Waals surface area (Å²) in [6, 6.07) is 2.31. The summed E-state index contributed by atoms with van der Waals surface area (Å²) in [4.78, 5) is 23.7. The lowest BCUT2D eigenvalue weighted by Gasteiger charge is -2.22. The van der Waals surface area contributed by atoms with Crippen LogP contribution in [0.5, 0.6) is 0 Å². The Labute approximate surface area is 118 Å². The fraction of sp³-hybridized carbons (Fsp3) is 0.571. The number of esters is 1. The zero-order chi connectivity index (χ0) is 15.3. The van der Waals surface area contributed by atoms with Crippen LogP contribution in [0.4, 0.5) is 4.79 Å². The van der Waals surface area contributed by atoms with E-state index in [1.807, 2.05) is 0 Å². The highest BCUT2D eigenvalue weighted by Crippen LogP contribution is 2.19. The van der Waals surface area contributed by atoms with Gasteiger partial charge in [-0.3, -0.25) is 0 Å². The lowest BCUT2D eigenvalue weighted by Crippen LogP contribution is -2.38. The second kappa shape index (κ2) is 6.45. The molecule has 6 heteroatoms. The number of alkyl carbamates (subject to hydrolysis) is 1. The molecule has 1 amide bonds. The number of hydrogen-bond acceptors (Lipinski definition) is 5. The molecule has 0 fully saturated rings. The number of rotatable bonds is 4. The van der Waals surface area contributed by atoms with Crippen molar-refractivity contribution in [3.8, 4) is 0 Å². The molecule has 1 unspecified atom stereocenters. The molecule has 0 radical (unpaired) electrons. The molecule has 20 heavy (non-hydrogen) atoms. The van der Waals surface area contributed by atoms with Gasteiger partial charge in [0.1, 0.15) is 17.1 Å². The maximum Gasteiger partial charge on any atom is 0.408 e. The van der Waals surface area contributed by atoms with E-state index in [1.165, 1.54) is 0 Å². The Morgan fingerprint density at radius 2 is 2.00 bits per heavy atom. The molecule has 112 valence electrons. The number of amides is 1. The van der Waals surface area contributed by atoms with Gasteiger partial charge in [0.25, 0.3) is 0 Å². The minimum absolute atomic E-state index is 0.213. The summed E-state index contributed by atoms with van der Waals surface area (Å²) >= 11 is 0. The smallest absolute Gasteiger partial charge is 0.408 e. The van der Waals surface area contributed by atoms with Gasteiger partial charge in [-0.1, -0.05) is 0 Å². The third kappa shape index (κ3) is 4.95. The van der Waals surface area contributed by atoms with E-state index >= 15 is 0 Å². The van der Waals surface area contributed by atoms with Gasteiger partial charge in [-0.2, -0.15) is 0 Å². The Kier molecular flexibility index (Phi) is 5.19. The summed E-state index contributed by atoms with van der Waals surface area (Å²) in [6.07, 6.45) is -0.704. The average Bonchev–Trinajstić information content (AvgIpc) is 2.70. The number of hydrogen-bond donors (Lipinski definition) is 1. The topological polar surface area (TPSA) is 77.8 Å². The molecule has 0 spiro atoms. The summed E-state index contributed by atoms with van der Waals surface area (Å²) in [5.41, 5.74) is -0.650. The molecule has 1 rings (SSSR count). The monoisotopic (exact) mass is 283 g/mol. The number of aryl methyl sites for hydroxylation is 1. The first-order valence-electron chi connectivity index (χ1n) is 6.45. The quantitative estimate of drug-likeness (QED) is 0.860. The van der Waals surface area contributed by atoms with E-state index in [4.69, 9.17) is 13.9 Å². The zero-order valence-corrected chi connectivity index (χ0v) is 12.5. The van der Waals surface area contributed by atoms with Crippen molar-refractivity contribution in [3.05, 3.63) is 23.7 Å². The van der Waals surface area contributed by atoms with E-state index in [0.717, 1.165) is 0 Å². The molecule has 0 aliphatic carbocycles. The number of furan rings is 1. The average molecular weight is 283 g/mol. The third-order valence-electron chi connectivity index (χ3n) is 2.23. The molecule has 1 N–H and O–H groups in total. The first-order chi connectivity index (χ1) is 9.23. The summed E-state index contributed by atoms with van der Waals surface area (Å²) < 4.78 is 15.4. The van der Waals surface area contributed by atoms with Gasteiger partial charge in [0.2, 0.25) is 0 Å². The molecule has 0 bridgehead atoms. The Bertz CT molecular complexity index is 472. The van der Waals surface area contributed by atoms with E-state index in [-0.39, 0.29) is 6.61 Å². The summed E-state index contributed by atoms with van der Waals surface area (Å²) in [5, 5.41) is 2.46. The van der Waals surface area contributed by atoms with Crippen molar-refractivity contribution < 1.29 is 23.5 Å². The molecule has 1 aromatic heterocycles. The van der Waals surface area contributed by atoms with Crippen molar-refractivity contribution in [2.24, 2.45) is 0 Å². The lowest BCUT2D eigenvalue weighted by atomic mass is 10.2. The first-order valence-corrected chi connectivity index (χ1v) is 6.45. The van der Waals surface area contributed by atoms with Crippen molar-refractivity contribution in [2.45, 2.75) is 46.3 Å². The van der Waals surface area contributed by atoms with Gasteiger partial charge in [0, 0.05) is 0 Å². The molecular weight excluding hydrogens is 262 g/mol. The summed E-state index contributed by atoms with van der Waals surface area (Å²) in [7, 11) is 0. The second-order valence-corrected chi connectivity index (χ2v) is 5.28. The highest BCUT2D eigenvalue weighted by atomic mass is 16.6. The van der Waals surface area contributed by atoms with Crippen LogP contribution in [-0.2, 0) is 14.3 Å².